The molecule has 2 N–H and O–H groups in total. The van der Waals surface area contributed by atoms with E-state index in [1.54, 1.807) is 43.8 Å². The molecule has 0 atom stereocenters. The second-order valence-electron chi connectivity index (χ2n) is 5.18. The molecule has 0 spiro atoms. The third-order valence-corrected chi connectivity index (χ3v) is 3.43. The van der Waals surface area contributed by atoms with Crippen LogP contribution in [0.3, 0.4) is 0 Å². The molecule has 1 amide bonds. The minimum absolute atomic E-state index is 0.239. The molecule has 0 saturated carbocycles. The van der Waals surface area contributed by atoms with Gasteiger partial charge in [0, 0.05) is 24.6 Å². The van der Waals surface area contributed by atoms with Gasteiger partial charge in [0.15, 0.2) is 0 Å². The van der Waals surface area contributed by atoms with E-state index in [0.717, 1.165) is 11.3 Å². The van der Waals surface area contributed by atoms with Crippen molar-refractivity contribution in [3.8, 4) is 5.75 Å². The van der Waals surface area contributed by atoms with Gasteiger partial charge in [0.2, 0.25) is 0 Å². The van der Waals surface area contributed by atoms with E-state index in [-0.39, 0.29) is 11.6 Å². The van der Waals surface area contributed by atoms with Gasteiger partial charge in [-0.2, -0.15) is 0 Å². The number of methoxy groups -OCH3 is 1. The summed E-state index contributed by atoms with van der Waals surface area (Å²) in [5.41, 5.74) is 1.93. The zero-order valence-corrected chi connectivity index (χ0v) is 13.6. The highest BCUT2D eigenvalue weighted by molar-refractivity contribution is 6.02. The zero-order valence-electron chi connectivity index (χ0n) is 13.6. The monoisotopic (exact) mass is 335 g/mol. The van der Waals surface area contributed by atoms with E-state index in [2.05, 4.69) is 25.6 Å². The van der Waals surface area contributed by atoms with Crippen molar-refractivity contribution in [1.82, 2.24) is 15.0 Å². The summed E-state index contributed by atoms with van der Waals surface area (Å²) in [7, 11) is 1.59. The Labute approximate surface area is 145 Å². The lowest BCUT2D eigenvalue weighted by Crippen LogP contribution is -2.14. The number of anilines is 2. The molecular formula is C18H17N5O2. The van der Waals surface area contributed by atoms with Gasteiger partial charge >= 0.3 is 0 Å². The van der Waals surface area contributed by atoms with Crippen LogP contribution in [0.2, 0.25) is 0 Å². The van der Waals surface area contributed by atoms with Crippen molar-refractivity contribution in [3.63, 3.8) is 0 Å². The first kappa shape index (κ1) is 16.4. The average Bonchev–Trinajstić information content (AvgIpc) is 2.68. The molecule has 0 radical (unpaired) electrons. The van der Waals surface area contributed by atoms with Crippen molar-refractivity contribution in [2.45, 2.75) is 6.54 Å². The first-order valence-electron chi connectivity index (χ1n) is 7.65. The van der Waals surface area contributed by atoms with Crippen molar-refractivity contribution in [1.29, 1.82) is 0 Å². The summed E-state index contributed by atoms with van der Waals surface area (Å²) in [4.78, 5) is 24.6. The molecule has 0 unspecified atom stereocenters. The number of nitrogens with zero attached hydrogens (tertiary/aromatic N) is 3. The minimum atomic E-state index is -0.323. The summed E-state index contributed by atoms with van der Waals surface area (Å²) in [6.45, 7) is 0.583. The number of aromatic nitrogens is 3. The lowest BCUT2D eigenvalue weighted by molar-refractivity contribution is 0.102. The number of carbonyl (C=O) groups is 1. The molecule has 25 heavy (non-hydrogen) atoms. The zero-order chi connectivity index (χ0) is 17.5. The number of nitrogens with one attached hydrogen (secondary N) is 2. The van der Waals surface area contributed by atoms with Crippen molar-refractivity contribution < 1.29 is 9.53 Å². The van der Waals surface area contributed by atoms with E-state index in [1.807, 2.05) is 12.1 Å². The molecule has 7 heteroatoms. The molecule has 0 saturated heterocycles. The van der Waals surface area contributed by atoms with Gasteiger partial charge in [0.25, 0.3) is 5.91 Å². The standard InChI is InChI=1S/C18H17N5O2/c1-25-15-6-4-14(5-7-15)23-18(24)16-11-22-17(12-20-16)21-10-13-3-2-8-19-9-13/h2-9,11-12H,10H2,1H3,(H,21,22)(H,23,24). The summed E-state index contributed by atoms with van der Waals surface area (Å²) < 4.78 is 5.08. The molecule has 7 nitrogen and oxygen atoms in total. The number of amides is 1. The minimum Gasteiger partial charge on any atom is -0.497 e. The first-order chi connectivity index (χ1) is 12.2. The summed E-state index contributed by atoms with van der Waals surface area (Å²) >= 11 is 0. The maximum Gasteiger partial charge on any atom is 0.275 e. The van der Waals surface area contributed by atoms with Crippen LogP contribution in [0.5, 0.6) is 5.75 Å². The van der Waals surface area contributed by atoms with Crippen LogP contribution < -0.4 is 15.4 Å². The molecule has 3 aromatic rings. The van der Waals surface area contributed by atoms with E-state index >= 15 is 0 Å². The fourth-order valence-electron chi connectivity index (χ4n) is 2.10. The number of pyridine rings is 1. The number of rotatable bonds is 6. The number of benzene rings is 1. The quantitative estimate of drug-likeness (QED) is 0.720. The third-order valence-electron chi connectivity index (χ3n) is 3.43. The van der Waals surface area contributed by atoms with Crippen molar-refractivity contribution in [3.05, 3.63) is 72.4 Å². The van der Waals surface area contributed by atoms with Crippen LogP contribution in [0.15, 0.2) is 61.2 Å². The maximum absolute atomic E-state index is 12.2. The van der Waals surface area contributed by atoms with Crippen LogP contribution in [0.25, 0.3) is 0 Å². The number of ether oxygens (including phenoxy) is 1. The van der Waals surface area contributed by atoms with Crippen LogP contribution in [-0.2, 0) is 6.54 Å². The largest absolute Gasteiger partial charge is 0.497 e. The van der Waals surface area contributed by atoms with Crippen molar-refractivity contribution >= 4 is 17.4 Å². The Morgan fingerprint density at radius 1 is 1.08 bits per heavy atom. The fourth-order valence-corrected chi connectivity index (χ4v) is 2.10. The third kappa shape index (κ3) is 4.51. The highest BCUT2D eigenvalue weighted by atomic mass is 16.5. The summed E-state index contributed by atoms with van der Waals surface area (Å²) in [5.74, 6) is 0.989. The van der Waals surface area contributed by atoms with E-state index < -0.39 is 0 Å². The van der Waals surface area contributed by atoms with Gasteiger partial charge in [0.05, 0.1) is 19.5 Å². The van der Waals surface area contributed by atoms with Gasteiger partial charge in [-0.1, -0.05) is 6.07 Å². The fraction of sp³-hybridized carbons (Fsp3) is 0.111. The Balaban J connectivity index is 1.58. The lowest BCUT2D eigenvalue weighted by Gasteiger charge is -2.07. The van der Waals surface area contributed by atoms with Gasteiger partial charge in [-0.05, 0) is 35.9 Å². The van der Waals surface area contributed by atoms with E-state index in [0.29, 0.717) is 18.1 Å². The average molecular weight is 335 g/mol. The molecule has 0 fully saturated rings. The maximum atomic E-state index is 12.2. The predicted octanol–water partition coefficient (Wildman–Crippen LogP) is 2.74. The Bertz CT molecular complexity index is 820. The van der Waals surface area contributed by atoms with Gasteiger partial charge in [-0.3, -0.25) is 9.78 Å². The first-order valence-corrected chi connectivity index (χ1v) is 7.65. The molecule has 1 aromatic carbocycles. The van der Waals surface area contributed by atoms with Gasteiger partial charge in [-0.15, -0.1) is 0 Å². The van der Waals surface area contributed by atoms with Crippen LogP contribution in [0.4, 0.5) is 11.5 Å². The smallest absolute Gasteiger partial charge is 0.275 e. The number of hydrogen-bond acceptors (Lipinski definition) is 6. The van der Waals surface area contributed by atoms with E-state index in [1.165, 1.54) is 12.4 Å². The number of carbonyl (C=O) groups excluding carboxylic acids is 1. The second kappa shape index (κ2) is 7.87. The number of hydrogen-bond donors (Lipinski definition) is 2. The Hall–Kier alpha value is -3.48. The molecule has 0 aliphatic heterocycles. The predicted molar refractivity (Wildman–Crippen MR) is 94.5 cm³/mol. The summed E-state index contributed by atoms with van der Waals surface area (Å²) in [5, 5.41) is 5.89. The normalized spacial score (nSPS) is 10.1. The van der Waals surface area contributed by atoms with Crippen LogP contribution >= 0.6 is 0 Å². The highest BCUT2D eigenvalue weighted by Crippen LogP contribution is 2.15. The van der Waals surface area contributed by atoms with Crippen molar-refractivity contribution in [2.75, 3.05) is 17.7 Å². The lowest BCUT2D eigenvalue weighted by atomic mass is 10.3. The summed E-state index contributed by atoms with van der Waals surface area (Å²) in [6.07, 6.45) is 6.46. The van der Waals surface area contributed by atoms with Crippen LogP contribution in [0, 0.1) is 0 Å². The van der Waals surface area contributed by atoms with Gasteiger partial charge < -0.3 is 15.4 Å². The molecule has 126 valence electrons. The molecule has 0 aliphatic carbocycles. The van der Waals surface area contributed by atoms with Crippen LogP contribution in [-0.4, -0.2) is 28.0 Å². The highest BCUT2D eigenvalue weighted by Gasteiger charge is 2.08. The van der Waals surface area contributed by atoms with Gasteiger partial charge in [0.1, 0.15) is 17.3 Å². The molecule has 0 bridgehead atoms. The Kier molecular flexibility index (Phi) is 5.16. The second-order valence-corrected chi connectivity index (χ2v) is 5.18. The van der Waals surface area contributed by atoms with Crippen LogP contribution in [0.1, 0.15) is 16.1 Å². The SMILES string of the molecule is COc1ccc(NC(=O)c2cnc(NCc3cccnc3)cn2)cc1. The molecular weight excluding hydrogens is 318 g/mol. The van der Waals surface area contributed by atoms with Gasteiger partial charge in [-0.25, -0.2) is 9.97 Å². The molecule has 3 rings (SSSR count). The van der Waals surface area contributed by atoms with E-state index in [4.69, 9.17) is 4.74 Å². The summed E-state index contributed by atoms with van der Waals surface area (Å²) in [6, 6.07) is 10.9. The molecule has 2 aromatic heterocycles. The Morgan fingerprint density at radius 2 is 1.92 bits per heavy atom. The topological polar surface area (TPSA) is 89.0 Å². The molecule has 2 heterocycles. The molecule has 0 aliphatic rings. The Morgan fingerprint density at radius 3 is 2.56 bits per heavy atom. The van der Waals surface area contributed by atoms with Crippen molar-refractivity contribution in [2.24, 2.45) is 0 Å². The van der Waals surface area contributed by atoms with E-state index in [9.17, 15) is 4.79 Å².